The van der Waals surface area contributed by atoms with Gasteiger partial charge in [-0.2, -0.15) is 0 Å². The number of aliphatic hydroxyl groups is 1. The van der Waals surface area contributed by atoms with Crippen molar-refractivity contribution in [1.82, 2.24) is 0 Å². The number of aliphatic hydroxyl groups excluding tert-OH is 1. The van der Waals surface area contributed by atoms with Crippen LogP contribution in [0.2, 0.25) is 0 Å². The van der Waals surface area contributed by atoms with Gasteiger partial charge in [0.25, 0.3) is 0 Å². The van der Waals surface area contributed by atoms with Crippen molar-refractivity contribution in [2.24, 2.45) is 0 Å². The van der Waals surface area contributed by atoms with Crippen molar-refractivity contribution in [2.45, 2.75) is 32.6 Å². The molecule has 2 N–H and O–H groups in total. The van der Waals surface area contributed by atoms with E-state index in [2.05, 4.69) is 6.92 Å². The second kappa shape index (κ2) is 5.01. The zero-order valence-corrected chi connectivity index (χ0v) is 8.83. The van der Waals surface area contributed by atoms with Crippen molar-refractivity contribution in [1.29, 1.82) is 0 Å². The summed E-state index contributed by atoms with van der Waals surface area (Å²) in [6, 6.07) is 5.75. The Morgan fingerprint density at radius 2 is 2.07 bits per heavy atom. The molecule has 1 aromatic carbocycles. The van der Waals surface area contributed by atoms with Crippen molar-refractivity contribution in [3.05, 3.63) is 29.3 Å². The summed E-state index contributed by atoms with van der Waals surface area (Å²) in [5.41, 5.74) is 2.05. The number of phenolic OH excluding ortho intramolecular Hbond substituents is 1. The molecule has 0 aliphatic heterocycles. The Labute approximate surface area is 85.2 Å². The predicted molar refractivity (Wildman–Crippen MR) is 57.6 cm³/mol. The molecule has 0 heterocycles. The third kappa shape index (κ3) is 2.74. The monoisotopic (exact) mass is 194 g/mol. The predicted octanol–water partition coefficient (Wildman–Crippen LogP) is 2.58. The molecule has 0 bridgehead atoms. The van der Waals surface area contributed by atoms with E-state index in [1.807, 2.05) is 19.1 Å². The number of hydrogen-bond donors (Lipinski definition) is 2. The summed E-state index contributed by atoms with van der Waals surface area (Å²) in [6.45, 7) is 4.25. The molecular weight excluding hydrogens is 176 g/mol. The van der Waals surface area contributed by atoms with Crippen LogP contribution in [-0.4, -0.2) is 16.8 Å². The summed E-state index contributed by atoms with van der Waals surface area (Å²) < 4.78 is 0. The second-order valence-electron chi connectivity index (χ2n) is 3.83. The molecule has 0 unspecified atom stereocenters. The molecule has 0 spiro atoms. The minimum absolute atomic E-state index is 0.219. The van der Waals surface area contributed by atoms with Gasteiger partial charge in [-0.05, 0) is 42.9 Å². The van der Waals surface area contributed by atoms with Gasteiger partial charge in [0, 0.05) is 6.61 Å². The van der Waals surface area contributed by atoms with Crippen LogP contribution in [0.4, 0.5) is 0 Å². The Kier molecular flexibility index (Phi) is 3.96. The molecule has 1 rings (SSSR count). The summed E-state index contributed by atoms with van der Waals surface area (Å²) in [6.07, 6.45) is 1.70. The molecule has 0 fully saturated rings. The first-order chi connectivity index (χ1) is 6.65. The largest absolute Gasteiger partial charge is 0.508 e. The maximum atomic E-state index is 9.70. The fourth-order valence-electron chi connectivity index (χ4n) is 1.62. The number of aryl methyl sites for hydroxylation is 1. The SMILES string of the molecule is Cc1ccc([C@@H](C)CCCO)c(O)c1. The van der Waals surface area contributed by atoms with E-state index in [0.29, 0.717) is 11.7 Å². The van der Waals surface area contributed by atoms with E-state index in [9.17, 15) is 5.11 Å². The van der Waals surface area contributed by atoms with Crippen LogP contribution < -0.4 is 0 Å². The number of hydrogen-bond acceptors (Lipinski definition) is 2. The van der Waals surface area contributed by atoms with Gasteiger partial charge in [-0.15, -0.1) is 0 Å². The summed E-state index contributed by atoms with van der Waals surface area (Å²) in [7, 11) is 0. The highest BCUT2D eigenvalue weighted by atomic mass is 16.3. The maximum Gasteiger partial charge on any atom is 0.119 e. The van der Waals surface area contributed by atoms with Gasteiger partial charge in [-0.3, -0.25) is 0 Å². The highest BCUT2D eigenvalue weighted by Gasteiger charge is 2.09. The Morgan fingerprint density at radius 1 is 1.36 bits per heavy atom. The number of benzene rings is 1. The van der Waals surface area contributed by atoms with E-state index < -0.39 is 0 Å². The maximum absolute atomic E-state index is 9.70. The van der Waals surface area contributed by atoms with Crippen LogP contribution in [0, 0.1) is 6.92 Å². The van der Waals surface area contributed by atoms with Gasteiger partial charge in [0.15, 0.2) is 0 Å². The van der Waals surface area contributed by atoms with Crippen molar-refractivity contribution in [3.8, 4) is 5.75 Å². The molecule has 2 nitrogen and oxygen atoms in total. The van der Waals surface area contributed by atoms with Crippen LogP contribution in [0.15, 0.2) is 18.2 Å². The first-order valence-corrected chi connectivity index (χ1v) is 5.05. The van der Waals surface area contributed by atoms with E-state index in [1.54, 1.807) is 6.07 Å². The van der Waals surface area contributed by atoms with E-state index in [4.69, 9.17) is 5.11 Å². The summed E-state index contributed by atoms with van der Waals surface area (Å²) in [5, 5.41) is 18.4. The highest BCUT2D eigenvalue weighted by Crippen LogP contribution is 2.29. The van der Waals surface area contributed by atoms with Crippen LogP contribution in [0.3, 0.4) is 0 Å². The zero-order valence-electron chi connectivity index (χ0n) is 8.83. The van der Waals surface area contributed by atoms with Crippen LogP contribution in [0.1, 0.15) is 36.8 Å². The molecule has 78 valence electrons. The molecular formula is C12H18O2. The molecule has 0 saturated carbocycles. The molecule has 0 amide bonds. The lowest BCUT2D eigenvalue weighted by molar-refractivity contribution is 0.280. The van der Waals surface area contributed by atoms with E-state index in [0.717, 1.165) is 24.0 Å². The van der Waals surface area contributed by atoms with Gasteiger partial charge in [0.05, 0.1) is 0 Å². The van der Waals surface area contributed by atoms with Gasteiger partial charge in [-0.25, -0.2) is 0 Å². The van der Waals surface area contributed by atoms with Crippen molar-refractivity contribution in [2.75, 3.05) is 6.61 Å². The standard InChI is InChI=1S/C12H18O2/c1-9-5-6-11(12(14)8-9)10(2)4-3-7-13/h5-6,8,10,13-14H,3-4,7H2,1-2H3/t10-/m0/s1. The third-order valence-electron chi connectivity index (χ3n) is 2.51. The first kappa shape index (κ1) is 11.1. The van der Waals surface area contributed by atoms with Crippen molar-refractivity contribution in [3.63, 3.8) is 0 Å². The molecule has 0 saturated heterocycles. The third-order valence-corrected chi connectivity index (χ3v) is 2.51. The Morgan fingerprint density at radius 3 is 2.64 bits per heavy atom. The molecule has 14 heavy (non-hydrogen) atoms. The Balaban J connectivity index is 2.74. The Bertz CT molecular complexity index is 294. The van der Waals surface area contributed by atoms with Gasteiger partial charge < -0.3 is 10.2 Å². The quantitative estimate of drug-likeness (QED) is 0.773. The second-order valence-corrected chi connectivity index (χ2v) is 3.83. The van der Waals surface area contributed by atoms with E-state index in [-0.39, 0.29) is 6.61 Å². The van der Waals surface area contributed by atoms with Gasteiger partial charge >= 0.3 is 0 Å². The summed E-state index contributed by atoms with van der Waals surface area (Å²) in [4.78, 5) is 0. The van der Waals surface area contributed by atoms with Crippen LogP contribution >= 0.6 is 0 Å². The molecule has 1 aromatic rings. The Hall–Kier alpha value is -1.02. The fraction of sp³-hybridized carbons (Fsp3) is 0.500. The van der Waals surface area contributed by atoms with Gasteiger partial charge in [0.1, 0.15) is 5.75 Å². The molecule has 0 aromatic heterocycles. The normalized spacial score (nSPS) is 12.8. The molecule has 1 atom stereocenters. The molecule has 0 radical (unpaired) electrons. The zero-order chi connectivity index (χ0) is 10.6. The highest BCUT2D eigenvalue weighted by molar-refractivity contribution is 5.37. The lowest BCUT2D eigenvalue weighted by atomic mass is 9.95. The summed E-state index contributed by atoms with van der Waals surface area (Å²) >= 11 is 0. The minimum Gasteiger partial charge on any atom is -0.508 e. The average Bonchev–Trinajstić information content (AvgIpc) is 2.14. The van der Waals surface area contributed by atoms with Crippen molar-refractivity contribution >= 4 is 0 Å². The fourth-order valence-corrected chi connectivity index (χ4v) is 1.62. The van der Waals surface area contributed by atoms with Crippen LogP contribution in [0.25, 0.3) is 0 Å². The number of rotatable bonds is 4. The number of aromatic hydroxyl groups is 1. The van der Waals surface area contributed by atoms with Crippen molar-refractivity contribution < 1.29 is 10.2 Å². The van der Waals surface area contributed by atoms with Crippen LogP contribution in [-0.2, 0) is 0 Å². The smallest absolute Gasteiger partial charge is 0.119 e. The van der Waals surface area contributed by atoms with E-state index in [1.165, 1.54) is 0 Å². The summed E-state index contributed by atoms with van der Waals surface area (Å²) in [5.74, 6) is 0.679. The molecule has 0 aliphatic rings. The topological polar surface area (TPSA) is 40.5 Å². The minimum atomic E-state index is 0.219. The van der Waals surface area contributed by atoms with Gasteiger partial charge in [-0.1, -0.05) is 19.1 Å². The average molecular weight is 194 g/mol. The van der Waals surface area contributed by atoms with E-state index >= 15 is 0 Å². The molecule has 0 aliphatic carbocycles. The lowest BCUT2D eigenvalue weighted by Crippen LogP contribution is -1.96. The molecule has 2 heteroatoms. The van der Waals surface area contributed by atoms with Gasteiger partial charge in [0.2, 0.25) is 0 Å². The number of phenols is 1. The lowest BCUT2D eigenvalue weighted by Gasteiger charge is -2.13. The first-order valence-electron chi connectivity index (χ1n) is 5.05. The van der Waals surface area contributed by atoms with Crippen LogP contribution in [0.5, 0.6) is 5.75 Å².